The van der Waals surface area contributed by atoms with Crippen molar-refractivity contribution in [2.45, 2.75) is 0 Å². The Kier molecular flexibility index (Phi) is 2.08. The van der Waals surface area contributed by atoms with Crippen LogP contribution in [-0.4, -0.2) is 31.0 Å². The van der Waals surface area contributed by atoms with Gasteiger partial charge in [-0.2, -0.15) is 10.5 Å². The summed E-state index contributed by atoms with van der Waals surface area (Å²) in [7, 11) is 0.416. The maximum Gasteiger partial charge on any atom is -0.0000506 e. The molecule has 0 aliphatic carbocycles. The van der Waals surface area contributed by atoms with Gasteiger partial charge < -0.3 is 5.32 Å². The van der Waals surface area contributed by atoms with Gasteiger partial charge in [0.1, 0.15) is 0 Å². The molecule has 1 aliphatic rings. The molecule has 1 aliphatic heterocycles. The highest BCUT2D eigenvalue weighted by atomic mass is 32.2. The number of hydrogen-bond acceptors (Lipinski definition) is 1. The molecule has 0 radical (unpaired) electrons. The van der Waals surface area contributed by atoms with E-state index in [-0.39, 0.29) is 0 Å². The summed E-state index contributed by atoms with van der Waals surface area (Å²) in [5.74, 6) is 6.23. The first-order chi connectivity index (χ1) is 3.79. The predicted octanol–water partition coefficient (Wildman–Crippen LogP) is 0.536. The first-order valence-electron chi connectivity index (χ1n) is 2.92. The summed E-state index contributed by atoms with van der Waals surface area (Å²) in [5, 5.41) is 3.24. The standard InChI is InChI=1S/C6H13NS/c1-8(2)5-6-3-7-4-6/h6-7H,1,3-5H2,2H3. The van der Waals surface area contributed by atoms with Gasteiger partial charge >= 0.3 is 0 Å². The molecule has 0 spiro atoms. The van der Waals surface area contributed by atoms with Crippen molar-refractivity contribution in [2.75, 3.05) is 25.1 Å². The molecule has 0 aromatic heterocycles. The molecule has 1 N–H and O–H groups in total. The van der Waals surface area contributed by atoms with E-state index in [1.54, 1.807) is 0 Å². The quantitative estimate of drug-likeness (QED) is 0.539. The lowest BCUT2D eigenvalue weighted by atomic mass is 10.1. The summed E-state index contributed by atoms with van der Waals surface area (Å²) in [6.07, 6.45) is 2.21. The zero-order chi connectivity index (χ0) is 5.98. The van der Waals surface area contributed by atoms with Gasteiger partial charge in [-0.1, -0.05) is 5.87 Å². The van der Waals surface area contributed by atoms with Gasteiger partial charge in [0.25, 0.3) is 0 Å². The Bertz CT molecular complexity index is 96.7. The van der Waals surface area contributed by atoms with E-state index in [1.165, 1.54) is 18.8 Å². The van der Waals surface area contributed by atoms with E-state index in [0.717, 1.165) is 5.92 Å². The Balaban J connectivity index is 2.09. The molecule has 0 aromatic carbocycles. The molecule has 1 saturated heterocycles. The molecule has 0 aromatic rings. The van der Waals surface area contributed by atoms with Crippen LogP contribution in [0.4, 0.5) is 0 Å². The molecule has 48 valence electrons. The fourth-order valence-electron chi connectivity index (χ4n) is 0.869. The molecule has 1 atom stereocenters. The van der Waals surface area contributed by atoms with Crippen LogP contribution in [0.5, 0.6) is 0 Å². The predicted molar refractivity (Wildman–Crippen MR) is 41.9 cm³/mol. The van der Waals surface area contributed by atoms with Crippen LogP contribution in [0.1, 0.15) is 0 Å². The fraction of sp³-hybridized carbons (Fsp3) is 0.833. The molecule has 0 bridgehead atoms. The number of nitrogens with one attached hydrogen (secondary N) is 1. The van der Waals surface area contributed by atoms with Crippen molar-refractivity contribution < 1.29 is 0 Å². The van der Waals surface area contributed by atoms with Crippen molar-refractivity contribution in [3.05, 3.63) is 0 Å². The van der Waals surface area contributed by atoms with Crippen LogP contribution in [0.25, 0.3) is 0 Å². The van der Waals surface area contributed by atoms with Gasteiger partial charge in [0.2, 0.25) is 0 Å². The van der Waals surface area contributed by atoms with E-state index in [0.29, 0.717) is 10.5 Å². The SMILES string of the molecule is C=S(C)CC1CNC1. The normalized spacial score (nSPS) is 24.6. The Hall–Kier alpha value is 0.180. The molecule has 1 fully saturated rings. The molecule has 8 heavy (non-hydrogen) atoms. The molecule has 0 saturated carbocycles. The lowest BCUT2D eigenvalue weighted by Crippen LogP contribution is -2.43. The second-order valence-corrected chi connectivity index (χ2v) is 4.37. The molecule has 2 heteroatoms. The molecule has 1 nitrogen and oxygen atoms in total. The lowest BCUT2D eigenvalue weighted by molar-refractivity contribution is 0.385. The molecular formula is C6H13NS. The van der Waals surface area contributed by atoms with Crippen molar-refractivity contribution >= 4 is 16.4 Å². The Labute approximate surface area is 53.4 Å². The van der Waals surface area contributed by atoms with Gasteiger partial charge in [-0.3, -0.25) is 0 Å². The van der Waals surface area contributed by atoms with Crippen LogP contribution >= 0.6 is 10.5 Å². The van der Waals surface area contributed by atoms with Crippen LogP contribution in [0.15, 0.2) is 0 Å². The van der Waals surface area contributed by atoms with E-state index in [2.05, 4.69) is 17.4 Å². The smallest absolute Gasteiger partial charge is 0.0000506 e. The summed E-state index contributed by atoms with van der Waals surface area (Å²) in [4.78, 5) is 0. The minimum Gasteiger partial charge on any atom is -0.316 e. The first kappa shape index (κ1) is 6.30. The van der Waals surface area contributed by atoms with Crippen molar-refractivity contribution in [3.63, 3.8) is 0 Å². The Morgan fingerprint density at radius 1 is 1.75 bits per heavy atom. The topological polar surface area (TPSA) is 12.0 Å². The highest BCUT2D eigenvalue weighted by Crippen LogP contribution is 2.13. The zero-order valence-corrected chi connectivity index (χ0v) is 6.13. The summed E-state index contributed by atoms with van der Waals surface area (Å²) in [6.45, 7) is 2.46. The minimum absolute atomic E-state index is 0.416. The average Bonchev–Trinajstić information content (AvgIpc) is 1.55. The van der Waals surface area contributed by atoms with Crippen molar-refractivity contribution in [1.29, 1.82) is 0 Å². The van der Waals surface area contributed by atoms with Gasteiger partial charge in [0.05, 0.1) is 0 Å². The van der Waals surface area contributed by atoms with Gasteiger partial charge in [0.15, 0.2) is 0 Å². The molecule has 0 amide bonds. The fourth-order valence-corrected chi connectivity index (χ4v) is 1.91. The maximum atomic E-state index is 3.96. The van der Waals surface area contributed by atoms with Gasteiger partial charge in [-0.15, -0.1) is 0 Å². The summed E-state index contributed by atoms with van der Waals surface area (Å²) in [5.41, 5.74) is 0. The highest BCUT2D eigenvalue weighted by Gasteiger charge is 2.15. The highest BCUT2D eigenvalue weighted by molar-refractivity contribution is 8.13. The monoisotopic (exact) mass is 131 g/mol. The van der Waals surface area contributed by atoms with Gasteiger partial charge in [-0.05, 0) is 31.0 Å². The molecule has 1 rings (SSSR count). The van der Waals surface area contributed by atoms with Crippen LogP contribution in [0.3, 0.4) is 0 Å². The first-order valence-corrected chi connectivity index (χ1v) is 4.89. The largest absolute Gasteiger partial charge is 0.316 e. The lowest BCUT2D eigenvalue weighted by Gasteiger charge is -2.27. The van der Waals surface area contributed by atoms with E-state index in [9.17, 15) is 0 Å². The van der Waals surface area contributed by atoms with Crippen molar-refractivity contribution in [2.24, 2.45) is 5.92 Å². The summed E-state index contributed by atoms with van der Waals surface area (Å²) < 4.78 is 0. The Morgan fingerprint density at radius 2 is 2.38 bits per heavy atom. The summed E-state index contributed by atoms with van der Waals surface area (Å²) in [6, 6.07) is 0. The third-order valence-corrected chi connectivity index (χ3v) is 2.43. The van der Waals surface area contributed by atoms with Crippen LogP contribution in [-0.2, 0) is 0 Å². The van der Waals surface area contributed by atoms with Gasteiger partial charge in [0, 0.05) is 0 Å². The van der Waals surface area contributed by atoms with E-state index < -0.39 is 0 Å². The summed E-state index contributed by atoms with van der Waals surface area (Å²) >= 11 is 0. The van der Waals surface area contributed by atoms with Crippen molar-refractivity contribution in [1.82, 2.24) is 5.32 Å². The molecule has 1 heterocycles. The van der Waals surface area contributed by atoms with Crippen LogP contribution in [0.2, 0.25) is 0 Å². The minimum atomic E-state index is 0.416. The van der Waals surface area contributed by atoms with Crippen molar-refractivity contribution in [3.8, 4) is 0 Å². The molecule has 1 unspecified atom stereocenters. The second kappa shape index (κ2) is 2.65. The Morgan fingerprint density at radius 3 is 2.50 bits per heavy atom. The molecular weight excluding hydrogens is 118 g/mol. The van der Waals surface area contributed by atoms with Crippen LogP contribution in [0, 0.1) is 5.92 Å². The van der Waals surface area contributed by atoms with E-state index in [1.807, 2.05) is 0 Å². The number of hydrogen-bond donors (Lipinski definition) is 1. The second-order valence-electron chi connectivity index (χ2n) is 2.47. The van der Waals surface area contributed by atoms with Gasteiger partial charge in [-0.25, -0.2) is 0 Å². The van der Waals surface area contributed by atoms with Crippen LogP contribution < -0.4 is 5.32 Å². The third kappa shape index (κ3) is 1.60. The van der Waals surface area contributed by atoms with E-state index >= 15 is 0 Å². The zero-order valence-electron chi connectivity index (χ0n) is 5.31. The number of rotatable bonds is 2. The average molecular weight is 131 g/mol. The van der Waals surface area contributed by atoms with E-state index in [4.69, 9.17) is 0 Å². The maximum absolute atomic E-state index is 3.96. The third-order valence-electron chi connectivity index (χ3n) is 1.39.